The minimum absolute atomic E-state index is 0.200. The van der Waals surface area contributed by atoms with Gasteiger partial charge in [0.05, 0.1) is 10.7 Å². The Morgan fingerprint density at radius 3 is 2.40 bits per heavy atom. The fourth-order valence-corrected chi connectivity index (χ4v) is 2.68. The fourth-order valence-electron chi connectivity index (χ4n) is 1.76. The van der Waals surface area contributed by atoms with Crippen molar-refractivity contribution in [2.75, 3.05) is 5.32 Å². The molecule has 2 aromatic carbocycles. The average Bonchev–Trinajstić information content (AvgIpc) is 2.36. The standard InChI is InChI=1S/C14H10BrClF3N/c1-7(8-2-3-12(18)13(19)4-8)20-14-10(15)5-9(17)6-11(14)16/h2-7,20H,1H3. The van der Waals surface area contributed by atoms with E-state index in [1.165, 1.54) is 18.2 Å². The smallest absolute Gasteiger partial charge is 0.159 e. The maximum atomic E-state index is 13.2. The van der Waals surface area contributed by atoms with Crippen molar-refractivity contribution in [1.29, 1.82) is 0 Å². The lowest BCUT2D eigenvalue weighted by atomic mass is 10.1. The molecular formula is C14H10BrClF3N. The number of benzene rings is 2. The van der Waals surface area contributed by atoms with Crippen molar-refractivity contribution in [3.05, 3.63) is 62.8 Å². The Hall–Kier alpha value is -1.20. The molecule has 1 unspecified atom stereocenters. The van der Waals surface area contributed by atoms with E-state index < -0.39 is 17.5 Å². The van der Waals surface area contributed by atoms with Gasteiger partial charge < -0.3 is 5.32 Å². The van der Waals surface area contributed by atoms with Crippen LogP contribution in [0.3, 0.4) is 0 Å². The summed E-state index contributed by atoms with van der Waals surface area (Å²) in [5, 5.41) is 3.23. The lowest BCUT2D eigenvalue weighted by molar-refractivity contribution is 0.506. The van der Waals surface area contributed by atoms with Gasteiger partial charge in [0.25, 0.3) is 0 Å². The number of hydrogen-bond acceptors (Lipinski definition) is 1. The zero-order valence-corrected chi connectivity index (χ0v) is 12.7. The quantitative estimate of drug-likeness (QED) is 0.737. The van der Waals surface area contributed by atoms with Crippen molar-refractivity contribution in [3.63, 3.8) is 0 Å². The Morgan fingerprint density at radius 1 is 1.10 bits per heavy atom. The average molecular weight is 365 g/mol. The van der Waals surface area contributed by atoms with Gasteiger partial charge in [-0.1, -0.05) is 17.7 Å². The van der Waals surface area contributed by atoms with Crippen LogP contribution < -0.4 is 5.32 Å². The SMILES string of the molecule is CC(Nc1c(Cl)cc(F)cc1Br)c1ccc(F)c(F)c1. The molecule has 0 heterocycles. The Kier molecular flexibility index (Phi) is 4.60. The van der Waals surface area contributed by atoms with Gasteiger partial charge >= 0.3 is 0 Å². The molecule has 1 nitrogen and oxygen atoms in total. The van der Waals surface area contributed by atoms with Crippen molar-refractivity contribution in [2.24, 2.45) is 0 Å². The van der Waals surface area contributed by atoms with E-state index in [1.54, 1.807) is 6.92 Å². The first-order valence-electron chi connectivity index (χ1n) is 5.74. The van der Waals surface area contributed by atoms with Gasteiger partial charge in [-0.15, -0.1) is 0 Å². The van der Waals surface area contributed by atoms with Gasteiger partial charge in [0, 0.05) is 10.5 Å². The monoisotopic (exact) mass is 363 g/mol. The van der Waals surface area contributed by atoms with Crippen LogP contribution in [0.25, 0.3) is 0 Å². The van der Waals surface area contributed by atoms with Crippen molar-refractivity contribution in [1.82, 2.24) is 0 Å². The molecule has 0 saturated carbocycles. The summed E-state index contributed by atoms with van der Waals surface area (Å²) in [5.41, 5.74) is 1.04. The van der Waals surface area contributed by atoms with Crippen LogP contribution in [0, 0.1) is 17.5 Å². The van der Waals surface area contributed by atoms with E-state index >= 15 is 0 Å². The number of rotatable bonds is 3. The molecular weight excluding hydrogens is 355 g/mol. The van der Waals surface area contributed by atoms with Crippen LogP contribution in [0.4, 0.5) is 18.9 Å². The van der Waals surface area contributed by atoms with Gasteiger partial charge in [-0.3, -0.25) is 0 Å². The summed E-state index contributed by atoms with van der Waals surface area (Å²) in [7, 11) is 0. The van der Waals surface area contributed by atoms with Gasteiger partial charge in [-0.2, -0.15) is 0 Å². The summed E-state index contributed by atoms with van der Waals surface area (Å²) in [4.78, 5) is 0. The molecule has 0 aromatic heterocycles. The number of halogens is 5. The van der Waals surface area contributed by atoms with Gasteiger partial charge in [0.2, 0.25) is 0 Å². The van der Waals surface area contributed by atoms with Gasteiger partial charge in [0.15, 0.2) is 11.6 Å². The Balaban J connectivity index is 2.27. The summed E-state index contributed by atoms with van der Waals surface area (Å²) in [5.74, 6) is -2.28. The highest BCUT2D eigenvalue weighted by Gasteiger charge is 2.13. The second kappa shape index (κ2) is 6.06. The predicted molar refractivity (Wildman–Crippen MR) is 77.5 cm³/mol. The third-order valence-corrected chi connectivity index (χ3v) is 3.73. The molecule has 0 aliphatic carbocycles. The highest BCUT2D eigenvalue weighted by molar-refractivity contribution is 9.10. The minimum atomic E-state index is -0.916. The second-order valence-electron chi connectivity index (χ2n) is 4.28. The van der Waals surface area contributed by atoms with Crippen LogP contribution in [-0.2, 0) is 0 Å². The van der Waals surface area contributed by atoms with Crippen LogP contribution in [0.15, 0.2) is 34.8 Å². The van der Waals surface area contributed by atoms with Crippen molar-refractivity contribution >= 4 is 33.2 Å². The molecule has 2 aromatic rings. The predicted octanol–water partition coefficient (Wildman–Crippen LogP) is 5.69. The highest BCUT2D eigenvalue weighted by Crippen LogP contribution is 2.34. The van der Waals surface area contributed by atoms with Crippen molar-refractivity contribution in [3.8, 4) is 0 Å². The molecule has 1 atom stereocenters. The Bertz CT molecular complexity index is 625. The molecule has 0 amide bonds. The second-order valence-corrected chi connectivity index (χ2v) is 5.55. The fraction of sp³-hybridized carbons (Fsp3) is 0.143. The Labute approximate surface area is 127 Å². The number of hydrogen-bond donors (Lipinski definition) is 1. The Morgan fingerprint density at radius 2 is 1.80 bits per heavy atom. The molecule has 20 heavy (non-hydrogen) atoms. The first kappa shape index (κ1) is 15.2. The normalized spacial score (nSPS) is 12.3. The molecule has 0 aliphatic rings. The first-order chi connectivity index (χ1) is 9.38. The van der Waals surface area contributed by atoms with E-state index in [-0.39, 0.29) is 11.1 Å². The summed E-state index contributed by atoms with van der Waals surface area (Å²) in [6, 6.07) is 5.76. The van der Waals surface area contributed by atoms with Crippen molar-refractivity contribution < 1.29 is 13.2 Å². The molecule has 2 rings (SSSR count). The summed E-state index contributed by atoms with van der Waals surface area (Å²) in [6.45, 7) is 1.76. The molecule has 0 radical (unpaired) electrons. The zero-order chi connectivity index (χ0) is 14.9. The van der Waals surface area contributed by atoms with Crippen LogP contribution in [-0.4, -0.2) is 0 Å². The summed E-state index contributed by atoms with van der Waals surface area (Å²) >= 11 is 9.16. The molecule has 0 aliphatic heterocycles. The molecule has 0 bridgehead atoms. The largest absolute Gasteiger partial charge is 0.376 e. The van der Waals surface area contributed by atoms with Crippen LogP contribution >= 0.6 is 27.5 Å². The first-order valence-corrected chi connectivity index (χ1v) is 6.91. The highest BCUT2D eigenvalue weighted by atomic mass is 79.9. The van der Waals surface area contributed by atoms with Gasteiger partial charge in [-0.25, -0.2) is 13.2 Å². The maximum Gasteiger partial charge on any atom is 0.159 e. The number of nitrogens with one attached hydrogen (secondary N) is 1. The third-order valence-electron chi connectivity index (χ3n) is 2.81. The van der Waals surface area contributed by atoms with Crippen LogP contribution in [0.2, 0.25) is 5.02 Å². The van der Waals surface area contributed by atoms with E-state index in [0.717, 1.165) is 12.1 Å². The van der Waals surface area contributed by atoms with Gasteiger partial charge in [-0.05, 0) is 52.7 Å². The van der Waals surface area contributed by atoms with Gasteiger partial charge in [0.1, 0.15) is 5.82 Å². The lowest BCUT2D eigenvalue weighted by Crippen LogP contribution is -2.08. The lowest BCUT2D eigenvalue weighted by Gasteiger charge is -2.18. The third kappa shape index (κ3) is 3.27. The topological polar surface area (TPSA) is 12.0 Å². The van der Waals surface area contributed by atoms with E-state index in [9.17, 15) is 13.2 Å². The van der Waals surface area contributed by atoms with Crippen LogP contribution in [0.1, 0.15) is 18.5 Å². The molecule has 0 spiro atoms. The molecule has 6 heteroatoms. The summed E-state index contributed by atoms with van der Waals surface area (Å²) in [6.07, 6.45) is 0. The summed E-state index contributed by atoms with van der Waals surface area (Å²) < 4.78 is 39.7. The zero-order valence-electron chi connectivity index (χ0n) is 10.4. The van der Waals surface area contributed by atoms with E-state index in [1.807, 2.05) is 0 Å². The molecule has 0 saturated heterocycles. The van der Waals surface area contributed by atoms with Crippen LogP contribution in [0.5, 0.6) is 0 Å². The van der Waals surface area contributed by atoms with E-state index in [2.05, 4.69) is 21.2 Å². The molecule has 1 N–H and O–H groups in total. The number of anilines is 1. The maximum absolute atomic E-state index is 13.2. The van der Waals surface area contributed by atoms with Crippen molar-refractivity contribution in [2.45, 2.75) is 13.0 Å². The van der Waals surface area contributed by atoms with E-state index in [0.29, 0.717) is 15.7 Å². The minimum Gasteiger partial charge on any atom is -0.376 e. The molecule has 0 fully saturated rings. The molecule has 106 valence electrons. The van der Waals surface area contributed by atoms with E-state index in [4.69, 9.17) is 11.6 Å².